The molecule has 3 heteroatoms. The average Bonchev–Trinajstić information content (AvgIpc) is 2.42. The molecule has 0 radical (unpaired) electrons. The fourth-order valence-corrected chi connectivity index (χ4v) is 1.43. The van der Waals surface area contributed by atoms with Crippen molar-refractivity contribution >= 4 is 11.0 Å². The highest BCUT2D eigenvalue weighted by molar-refractivity contribution is 5.75. The van der Waals surface area contributed by atoms with Gasteiger partial charge in [0.15, 0.2) is 0 Å². The van der Waals surface area contributed by atoms with Crippen molar-refractivity contribution in [2.75, 3.05) is 0 Å². The van der Waals surface area contributed by atoms with Gasteiger partial charge in [-0.2, -0.15) is 0 Å². The van der Waals surface area contributed by atoms with Crippen molar-refractivity contribution in [3.8, 4) is 0 Å². The third kappa shape index (κ3) is 1.42. The highest BCUT2D eigenvalue weighted by Crippen LogP contribution is 2.16. The number of imidazole rings is 1. The molecule has 0 aliphatic rings. The number of rotatable bonds is 1. The molecule has 1 atom stereocenters. The van der Waals surface area contributed by atoms with Gasteiger partial charge < -0.3 is 10.7 Å². The van der Waals surface area contributed by atoms with Crippen LogP contribution in [0.3, 0.4) is 0 Å². The molecule has 3 N–H and O–H groups in total. The largest absolute Gasteiger partial charge is 0.342 e. The molecule has 0 aliphatic carbocycles. The number of hydrogen-bond acceptors (Lipinski definition) is 2. The first-order chi connectivity index (χ1) is 6.16. The van der Waals surface area contributed by atoms with Crippen LogP contribution in [0.5, 0.6) is 0 Å². The predicted molar refractivity (Wildman–Crippen MR) is 53.4 cm³/mol. The Kier molecular flexibility index (Phi) is 1.81. The number of aryl methyl sites for hydroxylation is 1. The van der Waals surface area contributed by atoms with Crippen LogP contribution in [0.4, 0.5) is 0 Å². The number of benzene rings is 1. The summed E-state index contributed by atoms with van der Waals surface area (Å²) in [4.78, 5) is 7.52. The van der Waals surface area contributed by atoms with Gasteiger partial charge in [-0.15, -0.1) is 0 Å². The van der Waals surface area contributed by atoms with Gasteiger partial charge in [-0.05, 0) is 31.5 Å². The first-order valence-corrected chi connectivity index (χ1v) is 4.38. The molecule has 2 rings (SSSR count). The van der Waals surface area contributed by atoms with E-state index < -0.39 is 0 Å². The van der Waals surface area contributed by atoms with Gasteiger partial charge in [0.1, 0.15) is 5.82 Å². The maximum atomic E-state index is 5.77. The Balaban J connectivity index is 2.61. The summed E-state index contributed by atoms with van der Waals surface area (Å²) in [6.45, 7) is 3.92. The maximum Gasteiger partial charge on any atom is 0.104 e. The molecule has 1 aromatic carbocycles. The molecule has 0 saturated carbocycles. The molecule has 1 heterocycles. The fourth-order valence-electron chi connectivity index (χ4n) is 1.43. The van der Waals surface area contributed by atoms with Gasteiger partial charge >= 0.3 is 0 Å². The summed E-state index contributed by atoms with van der Waals surface area (Å²) in [6.07, 6.45) is 0. The van der Waals surface area contributed by atoms with Crippen molar-refractivity contribution < 1.29 is 0 Å². The molecule has 3 nitrogen and oxygen atoms in total. The van der Waals surface area contributed by atoms with Crippen molar-refractivity contribution in [3.05, 3.63) is 29.6 Å². The van der Waals surface area contributed by atoms with E-state index in [4.69, 9.17) is 5.73 Å². The highest BCUT2D eigenvalue weighted by atomic mass is 14.9. The van der Waals surface area contributed by atoms with Crippen molar-refractivity contribution in [3.63, 3.8) is 0 Å². The number of fused-ring (bicyclic) bond motifs is 1. The summed E-state index contributed by atoms with van der Waals surface area (Å²) in [5, 5.41) is 0. The second kappa shape index (κ2) is 2.85. The molecule has 0 saturated heterocycles. The molecule has 0 amide bonds. The van der Waals surface area contributed by atoms with Crippen LogP contribution in [0.15, 0.2) is 18.2 Å². The molecular formula is C10H13N3. The van der Waals surface area contributed by atoms with Gasteiger partial charge in [-0.1, -0.05) is 6.07 Å². The van der Waals surface area contributed by atoms with Crippen LogP contribution in [-0.4, -0.2) is 9.97 Å². The molecule has 1 unspecified atom stereocenters. The summed E-state index contributed by atoms with van der Waals surface area (Å²) < 4.78 is 0. The van der Waals surface area contributed by atoms with Crippen LogP contribution in [0, 0.1) is 6.92 Å². The van der Waals surface area contributed by atoms with Crippen molar-refractivity contribution in [2.24, 2.45) is 5.73 Å². The maximum absolute atomic E-state index is 5.77. The number of H-pyrrole nitrogens is 1. The minimum atomic E-state index is 0.0707. The zero-order valence-electron chi connectivity index (χ0n) is 7.83. The molecule has 0 fully saturated rings. The molecule has 1 aromatic heterocycles. The first kappa shape index (κ1) is 8.26. The van der Waals surface area contributed by atoms with E-state index in [1.54, 1.807) is 0 Å². The lowest BCUT2D eigenvalue weighted by molar-refractivity contribution is 0.819. The zero-order valence-corrected chi connectivity index (χ0v) is 7.83. The standard InChI is InChI=1S/C10H13N3/c1-6(11)8-3-4-9-10(5-8)13-7(2)12-9/h3-6H,11H2,1-2H3,(H,12,13). The molecule has 0 spiro atoms. The predicted octanol–water partition coefficient (Wildman–Crippen LogP) is 1.89. The normalized spacial score (nSPS) is 13.5. The van der Waals surface area contributed by atoms with Crippen molar-refractivity contribution in [1.29, 1.82) is 0 Å². The Morgan fingerprint density at radius 3 is 2.92 bits per heavy atom. The summed E-state index contributed by atoms with van der Waals surface area (Å²) in [7, 11) is 0. The molecule has 0 bridgehead atoms. The van der Waals surface area contributed by atoms with Crippen molar-refractivity contribution in [1.82, 2.24) is 9.97 Å². The molecular weight excluding hydrogens is 162 g/mol. The van der Waals surface area contributed by atoms with E-state index in [-0.39, 0.29) is 6.04 Å². The monoisotopic (exact) mass is 175 g/mol. The summed E-state index contributed by atoms with van der Waals surface area (Å²) >= 11 is 0. The van der Waals surface area contributed by atoms with Gasteiger partial charge in [0.05, 0.1) is 11.0 Å². The van der Waals surface area contributed by atoms with Gasteiger partial charge in [0, 0.05) is 6.04 Å². The SMILES string of the molecule is Cc1nc2cc(C(C)N)ccc2[nH]1. The van der Waals surface area contributed by atoms with E-state index in [0.29, 0.717) is 0 Å². The van der Waals surface area contributed by atoms with Crippen LogP contribution in [0.25, 0.3) is 11.0 Å². The van der Waals surface area contributed by atoms with Gasteiger partial charge in [-0.3, -0.25) is 0 Å². The Morgan fingerprint density at radius 2 is 2.23 bits per heavy atom. The molecule has 13 heavy (non-hydrogen) atoms. The lowest BCUT2D eigenvalue weighted by atomic mass is 10.1. The third-order valence-corrected chi connectivity index (χ3v) is 2.15. The van der Waals surface area contributed by atoms with Crippen LogP contribution >= 0.6 is 0 Å². The van der Waals surface area contributed by atoms with Gasteiger partial charge in [0.2, 0.25) is 0 Å². The van der Waals surface area contributed by atoms with E-state index in [1.165, 1.54) is 0 Å². The number of hydrogen-bond donors (Lipinski definition) is 2. The molecule has 68 valence electrons. The van der Waals surface area contributed by atoms with E-state index in [1.807, 2.05) is 32.0 Å². The van der Waals surface area contributed by atoms with E-state index in [0.717, 1.165) is 22.4 Å². The highest BCUT2D eigenvalue weighted by Gasteiger charge is 2.03. The number of aromatic nitrogens is 2. The number of aromatic amines is 1. The fraction of sp³-hybridized carbons (Fsp3) is 0.300. The van der Waals surface area contributed by atoms with Crippen molar-refractivity contribution in [2.45, 2.75) is 19.9 Å². The van der Waals surface area contributed by atoms with Crippen LogP contribution in [0.2, 0.25) is 0 Å². The van der Waals surface area contributed by atoms with E-state index in [2.05, 4.69) is 9.97 Å². The zero-order chi connectivity index (χ0) is 9.42. The quantitative estimate of drug-likeness (QED) is 0.695. The Bertz CT molecular complexity index is 429. The summed E-state index contributed by atoms with van der Waals surface area (Å²) in [5.41, 5.74) is 8.96. The smallest absolute Gasteiger partial charge is 0.104 e. The van der Waals surface area contributed by atoms with Gasteiger partial charge in [0.25, 0.3) is 0 Å². The second-order valence-corrected chi connectivity index (χ2v) is 3.39. The number of nitrogens with zero attached hydrogens (tertiary/aromatic N) is 1. The third-order valence-electron chi connectivity index (χ3n) is 2.15. The minimum Gasteiger partial charge on any atom is -0.342 e. The number of nitrogens with two attached hydrogens (primary N) is 1. The topological polar surface area (TPSA) is 54.7 Å². The lowest BCUT2D eigenvalue weighted by Crippen LogP contribution is -2.04. The first-order valence-electron chi connectivity index (χ1n) is 4.38. The Labute approximate surface area is 77.0 Å². The molecule has 2 aromatic rings. The summed E-state index contributed by atoms with van der Waals surface area (Å²) in [6, 6.07) is 6.16. The van der Waals surface area contributed by atoms with Crippen LogP contribution in [-0.2, 0) is 0 Å². The minimum absolute atomic E-state index is 0.0707. The second-order valence-electron chi connectivity index (χ2n) is 3.39. The lowest BCUT2D eigenvalue weighted by Gasteiger charge is -2.03. The average molecular weight is 175 g/mol. The summed E-state index contributed by atoms with van der Waals surface area (Å²) in [5.74, 6) is 0.942. The number of nitrogens with one attached hydrogen (secondary N) is 1. The van der Waals surface area contributed by atoms with E-state index in [9.17, 15) is 0 Å². The molecule has 0 aliphatic heterocycles. The Morgan fingerprint density at radius 1 is 1.46 bits per heavy atom. The van der Waals surface area contributed by atoms with Crippen LogP contribution < -0.4 is 5.73 Å². The Hall–Kier alpha value is -1.35. The van der Waals surface area contributed by atoms with Crippen LogP contribution in [0.1, 0.15) is 24.4 Å². The van der Waals surface area contributed by atoms with E-state index >= 15 is 0 Å². The van der Waals surface area contributed by atoms with Gasteiger partial charge in [-0.25, -0.2) is 4.98 Å².